The van der Waals surface area contributed by atoms with Gasteiger partial charge in [-0.2, -0.15) is 5.10 Å². The normalized spacial score (nSPS) is 10.7. The molecule has 3 aromatic carbocycles. The fraction of sp³-hybridized carbons (Fsp3) is 0.0909. The molecule has 0 saturated carbocycles. The van der Waals surface area contributed by atoms with Crippen molar-refractivity contribution in [2.75, 3.05) is 0 Å². The van der Waals surface area contributed by atoms with Gasteiger partial charge in [0.05, 0.1) is 17.6 Å². The Kier molecular flexibility index (Phi) is 7.13. The second kappa shape index (κ2) is 10.2. The first-order valence-electron chi connectivity index (χ1n) is 9.04. The summed E-state index contributed by atoms with van der Waals surface area (Å²) >= 11 is 6.15. The van der Waals surface area contributed by atoms with E-state index in [0.29, 0.717) is 21.9 Å². The molecule has 0 aliphatic carbocycles. The van der Waals surface area contributed by atoms with Gasteiger partial charge in [-0.05, 0) is 18.2 Å². The molecule has 0 spiro atoms. The highest BCUT2D eigenvalue weighted by Gasteiger charge is 2.15. The Morgan fingerprint density at radius 2 is 1.70 bits per heavy atom. The van der Waals surface area contributed by atoms with E-state index in [-0.39, 0.29) is 18.7 Å². The summed E-state index contributed by atoms with van der Waals surface area (Å²) in [4.78, 5) is 22.6. The van der Waals surface area contributed by atoms with Crippen molar-refractivity contribution >= 4 is 29.4 Å². The molecule has 0 saturated heterocycles. The van der Waals surface area contributed by atoms with Gasteiger partial charge in [0.1, 0.15) is 12.4 Å². The first-order chi connectivity index (χ1) is 14.5. The number of nitrogens with one attached hydrogen (secondary N) is 1. The van der Waals surface area contributed by atoms with E-state index in [1.165, 1.54) is 12.3 Å². The van der Waals surface area contributed by atoms with Crippen molar-refractivity contribution < 1.29 is 14.5 Å². The molecule has 0 heterocycles. The number of carbonyl (C=O) groups is 1. The van der Waals surface area contributed by atoms with E-state index in [1.54, 1.807) is 36.4 Å². The van der Waals surface area contributed by atoms with Crippen LogP contribution in [0.3, 0.4) is 0 Å². The molecule has 0 radical (unpaired) electrons. The number of hydrazone groups is 1. The van der Waals surface area contributed by atoms with Gasteiger partial charge in [-0.1, -0.05) is 60.1 Å². The summed E-state index contributed by atoms with van der Waals surface area (Å²) in [5.41, 5.74) is 4.12. The van der Waals surface area contributed by atoms with Crippen molar-refractivity contribution in [3.8, 4) is 5.75 Å². The minimum absolute atomic E-state index is 0.102. The van der Waals surface area contributed by atoms with Crippen LogP contribution in [0.2, 0.25) is 5.02 Å². The number of hydrogen-bond donors (Lipinski definition) is 1. The summed E-state index contributed by atoms with van der Waals surface area (Å²) in [5, 5.41) is 15.6. The van der Waals surface area contributed by atoms with Gasteiger partial charge in [-0.25, -0.2) is 5.43 Å². The maximum absolute atomic E-state index is 12.1. The van der Waals surface area contributed by atoms with Gasteiger partial charge in [0, 0.05) is 27.8 Å². The topological polar surface area (TPSA) is 93.8 Å². The highest BCUT2D eigenvalue weighted by Crippen LogP contribution is 2.21. The van der Waals surface area contributed by atoms with E-state index in [2.05, 4.69) is 10.5 Å². The lowest BCUT2D eigenvalue weighted by atomic mass is 10.1. The molecule has 0 bridgehead atoms. The maximum Gasteiger partial charge on any atom is 0.273 e. The van der Waals surface area contributed by atoms with Crippen molar-refractivity contribution in [2.45, 2.75) is 13.0 Å². The standard InChI is InChI=1S/C22H18ClN3O4/c23-19-10-4-1-9-18(19)15-30-21-12-6-3-8-17(21)14-24-25-22(27)13-16-7-2-5-11-20(16)26(28)29/h1-12,14H,13,15H2,(H,25,27). The molecule has 1 amide bonds. The average molecular weight is 424 g/mol. The molecule has 3 rings (SSSR count). The Morgan fingerprint density at radius 1 is 1.03 bits per heavy atom. The van der Waals surface area contributed by atoms with E-state index < -0.39 is 10.8 Å². The second-order valence-corrected chi connectivity index (χ2v) is 6.68. The van der Waals surface area contributed by atoms with Crippen LogP contribution >= 0.6 is 11.6 Å². The molecule has 1 N–H and O–H groups in total. The van der Waals surface area contributed by atoms with Crippen LogP contribution in [-0.4, -0.2) is 17.0 Å². The van der Waals surface area contributed by atoms with Crippen LogP contribution in [0.1, 0.15) is 16.7 Å². The van der Waals surface area contributed by atoms with Gasteiger partial charge in [-0.15, -0.1) is 0 Å². The van der Waals surface area contributed by atoms with E-state index in [0.717, 1.165) is 5.56 Å². The summed E-state index contributed by atoms with van der Waals surface area (Å²) in [6, 6.07) is 20.7. The predicted molar refractivity (Wildman–Crippen MR) is 115 cm³/mol. The lowest BCUT2D eigenvalue weighted by Gasteiger charge is -2.10. The van der Waals surface area contributed by atoms with E-state index in [4.69, 9.17) is 16.3 Å². The zero-order valence-corrected chi connectivity index (χ0v) is 16.6. The summed E-state index contributed by atoms with van der Waals surface area (Å²) in [7, 11) is 0. The maximum atomic E-state index is 12.1. The predicted octanol–water partition coefficient (Wildman–Crippen LogP) is 4.52. The number of amides is 1. The first-order valence-corrected chi connectivity index (χ1v) is 9.42. The molecule has 0 unspecified atom stereocenters. The van der Waals surface area contributed by atoms with Gasteiger partial charge in [0.15, 0.2) is 0 Å². The molecule has 0 aromatic heterocycles. The summed E-state index contributed by atoms with van der Waals surface area (Å²) < 4.78 is 5.84. The number of nitro benzene ring substituents is 1. The summed E-state index contributed by atoms with van der Waals surface area (Å²) in [5.74, 6) is 0.115. The molecule has 8 heteroatoms. The van der Waals surface area contributed by atoms with Crippen LogP contribution in [0.5, 0.6) is 5.75 Å². The third kappa shape index (κ3) is 5.65. The number of ether oxygens (including phenoxy) is 1. The monoisotopic (exact) mass is 423 g/mol. The number of para-hydroxylation sites is 2. The molecule has 3 aromatic rings. The molecule has 7 nitrogen and oxygen atoms in total. The Morgan fingerprint density at radius 3 is 2.47 bits per heavy atom. The SMILES string of the molecule is O=C(Cc1ccccc1[N+](=O)[O-])NN=Cc1ccccc1OCc1ccccc1Cl. The van der Waals surface area contributed by atoms with Crippen molar-refractivity contribution in [3.05, 3.63) is 105 Å². The minimum Gasteiger partial charge on any atom is -0.488 e. The van der Waals surface area contributed by atoms with Gasteiger partial charge >= 0.3 is 0 Å². The second-order valence-electron chi connectivity index (χ2n) is 6.27. The van der Waals surface area contributed by atoms with E-state index >= 15 is 0 Å². The average Bonchev–Trinajstić information content (AvgIpc) is 2.74. The minimum atomic E-state index is -0.515. The quantitative estimate of drug-likeness (QED) is 0.327. The molecule has 0 aliphatic heterocycles. The Labute approximate surface area is 178 Å². The Bertz CT molecular complexity index is 1090. The zero-order valence-electron chi connectivity index (χ0n) is 15.8. The van der Waals surface area contributed by atoms with Crippen LogP contribution in [0.4, 0.5) is 5.69 Å². The number of nitrogens with zero attached hydrogens (tertiary/aromatic N) is 2. The van der Waals surface area contributed by atoms with Gasteiger partial charge in [0.2, 0.25) is 5.91 Å². The summed E-state index contributed by atoms with van der Waals surface area (Å²) in [6.07, 6.45) is 1.30. The number of benzene rings is 3. The number of rotatable bonds is 8. The lowest BCUT2D eigenvalue weighted by molar-refractivity contribution is -0.385. The fourth-order valence-corrected chi connectivity index (χ4v) is 2.90. The summed E-state index contributed by atoms with van der Waals surface area (Å²) in [6.45, 7) is 0.286. The molecule has 0 aliphatic rings. The number of carbonyl (C=O) groups excluding carboxylic acids is 1. The van der Waals surface area contributed by atoms with Crippen LogP contribution in [0, 0.1) is 10.1 Å². The third-order valence-electron chi connectivity index (χ3n) is 4.19. The van der Waals surface area contributed by atoms with Crippen molar-refractivity contribution in [3.63, 3.8) is 0 Å². The van der Waals surface area contributed by atoms with Crippen molar-refractivity contribution in [2.24, 2.45) is 5.10 Å². The van der Waals surface area contributed by atoms with Gasteiger partial charge in [-0.3, -0.25) is 14.9 Å². The first kappa shape index (κ1) is 21.0. The third-order valence-corrected chi connectivity index (χ3v) is 4.56. The molecule has 30 heavy (non-hydrogen) atoms. The van der Waals surface area contributed by atoms with Gasteiger partial charge < -0.3 is 4.74 Å². The highest BCUT2D eigenvalue weighted by atomic mass is 35.5. The smallest absolute Gasteiger partial charge is 0.273 e. The van der Waals surface area contributed by atoms with E-state index in [1.807, 2.05) is 30.3 Å². The molecule has 0 atom stereocenters. The highest BCUT2D eigenvalue weighted by molar-refractivity contribution is 6.31. The van der Waals surface area contributed by atoms with E-state index in [9.17, 15) is 14.9 Å². The number of nitro groups is 1. The fourth-order valence-electron chi connectivity index (χ4n) is 2.71. The zero-order chi connectivity index (χ0) is 21.3. The number of halogens is 1. The molecule has 152 valence electrons. The van der Waals surface area contributed by atoms with Gasteiger partial charge in [0.25, 0.3) is 5.69 Å². The van der Waals surface area contributed by atoms with Crippen molar-refractivity contribution in [1.82, 2.24) is 5.43 Å². The van der Waals surface area contributed by atoms with Crippen LogP contribution in [0.15, 0.2) is 77.9 Å². The Balaban J connectivity index is 1.62. The Hall–Kier alpha value is -3.71. The number of hydrogen-bond acceptors (Lipinski definition) is 5. The largest absolute Gasteiger partial charge is 0.488 e. The van der Waals surface area contributed by atoms with Crippen LogP contribution < -0.4 is 10.2 Å². The lowest BCUT2D eigenvalue weighted by Crippen LogP contribution is -2.20. The van der Waals surface area contributed by atoms with Crippen molar-refractivity contribution in [1.29, 1.82) is 0 Å². The molecular formula is C22H18ClN3O4. The molecular weight excluding hydrogens is 406 g/mol. The molecule has 0 fully saturated rings. The van der Waals surface area contributed by atoms with Crippen LogP contribution in [0.25, 0.3) is 0 Å². The van der Waals surface area contributed by atoms with Crippen LogP contribution in [-0.2, 0) is 17.8 Å².